The maximum atomic E-state index is 12.9. The number of aliphatic carboxylic acids is 1. The van der Waals surface area contributed by atoms with Gasteiger partial charge in [0.1, 0.15) is 6.04 Å². The SMILES string of the molecule is Cc1noc2nc(C3CC3)cc(C(=O)N[C@@H](Cc3ccccc3)C(=O)O)c12. The third-order valence-corrected chi connectivity index (χ3v) is 4.76. The fourth-order valence-electron chi connectivity index (χ4n) is 3.17. The number of carbonyl (C=O) groups excluding carboxylic acids is 1. The largest absolute Gasteiger partial charge is 0.480 e. The third kappa shape index (κ3) is 3.53. The van der Waals surface area contributed by atoms with Crippen LogP contribution in [0.2, 0.25) is 0 Å². The van der Waals surface area contributed by atoms with Crippen molar-refractivity contribution in [3.8, 4) is 0 Å². The number of rotatable bonds is 6. The molecule has 1 aliphatic rings. The van der Waals surface area contributed by atoms with Gasteiger partial charge >= 0.3 is 5.97 Å². The molecule has 2 aromatic heterocycles. The number of amides is 1. The van der Waals surface area contributed by atoms with E-state index in [9.17, 15) is 14.7 Å². The Morgan fingerprint density at radius 2 is 2.04 bits per heavy atom. The molecule has 4 rings (SSSR count). The molecule has 7 heteroatoms. The molecule has 2 N–H and O–H groups in total. The Bertz CT molecular complexity index is 1010. The number of nitrogens with one attached hydrogen (secondary N) is 1. The van der Waals surface area contributed by atoms with E-state index in [-0.39, 0.29) is 6.42 Å². The zero-order valence-electron chi connectivity index (χ0n) is 14.8. The lowest BCUT2D eigenvalue weighted by Crippen LogP contribution is -2.42. The van der Waals surface area contributed by atoms with Crippen molar-refractivity contribution in [1.82, 2.24) is 15.5 Å². The molecule has 0 unspecified atom stereocenters. The van der Waals surface area contributed by atoms with E-state index in [2.05, 4.69) is 15.5 Å². The van der Waals surface area contributed by atoms with E-state index < -0.39 is 17.9 Å². The molecular weight excluding hydrogens is 346 g/mol. The van der Waals surface area contributed by atoms with Crippen LogP contribution >= 0.6 is 0 Å². The number of hydrogen-bond acceptors (Lipinski definition) is 5. The van der Waals surface area contributed by atoms with Crippen molar-refractivity contribution in [3.05, 3.63) is 58.9 Å². The summed E-state index contributed by atoms with van der Waals surface area (Å²) in [6.07, 6.45) is 2.26. The van der Waals surface area contributed by atoms with Gasteiger partial charge in [0.25, 0.3) is 11.6 Å². The maximum absolute atomic E-state index is 12.9. The average molecular weight is 365 g/mol. The van der Waals surface area contributed by atoms with Crippen molar-refractivity contribution in [2.45, 2.75) is 38.1 Å². The van der Waals surface area contributed by atoms with Gasteiger partial charge in [-0.1, -0.05) is 35.5 Å². The normalized spacial score (nSPS) is 14.9. The molecule has 0 bridgehead atoms. The lowest BCUT2D eigenvalue weighted by atomic mass is 10.0. The van der Waals surface area contributed by atoms with E-state index >= 15 is 0 Å². The minimum Gasteiger partial charge on any atom is -0.480 e. The van der Waals surface area contributed by atoms with Crippen LogP contribution < -0.4 is 5.32 Å². The molecule has 0 radical (unpaired) electrons. The predicted molar refractivity (Wildman–Crippen MR) is 97.6 cm³/mol. The molecule has 1 aliphatic carbocycles. The van der Waals surface area contributed by atoms with Crippen LogP contribution in [0.4, 0.5) is 0 Å². The number of pyridine rings is 1. The molecule has 1 aromatic carbocycles. The summed E-state index contributed by atoms with van der Waals surface area (Å²) in [5, 5.41) is 16.6. The fraction of sp³-hybridized carbons (Fsp3) is 0.300. The molecule has 3 aromatic rings. The summed E-state index contributed by atoms with van der Waals surface area (Å²) in [6, 6.07) is 9.91. The molecule has 1 atom stereocenters. The van der Waals surface area contributed by atoms with Crippen molar-refractivity contribution in [1.29, 1.82) is 0 Å². The van der Waals surface area contributed by atoms with Crippen molar-refractivity contribution < 1.29 is 19.2 Å². The van der Waals surface area contributed by atoms with Crippen LogP contribution in [-0.2, 0) is 11.2 Å². The molecule has 0 aliphatic heterocycles. The standard InChI is InChI=1S/C20H19N3O4/c1-11-17-14(10-15(13-7-8-13)22-19(17)27-23-11)18(24)21-16(20(25)26)9-12-5-3-2-4-6-12/h2-6,10,13,16H,7-9H2,1H3,(H,21,24)(H,25,26)/t16-/m0/s1. The summed E-state index contributed by atoms with van der Waals surface area (Å²) in [5.41, 5.74) is 2.86. The van der Waals surface area contributed by atoms with Crippen LogP contribution in [0.25, 0.3) is 11.1 Å². The topological polar surface area (TPSA) is 105 Å². The zero-order valence-corrected chi connectivity index (χ0v) is 14.8. The van der Waals surface area contributed by atoms with Gasteiger partial charge in [-0.25, -0.2) is 9.78 Å². The van der Waals surface area contributed by atoms with Gasteiger partial charge < -0.3 is 14.9 Å². The number of nitrogens with zero attached hydrogens (tertiary/aromatic N) is 2. The van der Waals surface area contributed by atoms with Crippen LogP contribution in [0.3, 0.4) is 0 Å². The molecule has 2 heterocycles. The van der Waals surface area contributed by atoms with Crippen molar-refractivity contribution >= 4 is 23.0 Å². The van der Waals surface area contributed by atoms with Gasteiger partial charge in [-0.05, 0) is 31.4 Å². The molecule has 1 amide bonds. The first-order chi connectivity index (χ1) is 13.0. The molecular formula is C20H19N3O4. The highest BCUT2D eigenvalue weighted by molar-refractivity contribution is 6.07. The summed E-state index contributed by atoms with van der Waals surface area (Å²) >= 11 is 0. The van der Waals surface area contributed by atoms with Crippen LogP contribution in [0.1, 0.15) is 46.1 Å². The Labute approximate surface area is 155 Å². The van der Waals surface area contributed by atoms with E-state index in [1.807, 2.05) is 30.3 Å². The fourth-order valence-corrected chi connectivity index (χ4v) is 3.17. The van der Waals surface area contributed by atoms with Crippen LogP contribution in [0.15, 0.2) is 40.9 Å². The summed E-state index contributed by atoms with van der Waals surface area (Å²) in [5.74, 6) is -1.22. The summed E-state index contributed by atoms with van der Waals surface area (Å²) in [6.45, 7) is 1.74. The van der Waals surface area contributed by atoms with E-state index in [4.69, 9.17) is 4.52 Å². The molecule has 27 heavy (non-hydrogen) atoms. The number of benzene rings is 1. The average Bonchev–Trinajstić information content (AvgIpc) is 3.45. The minimum absolute atomic E-state index is 0.203. The van der Waals surface area contributed by atoms with E-state index in [0.717, 1.165) is 24.1 Å². The number of carbonyl (C=O) groups is 2. The first-order valence-corrected chi connectivity index (χ1v) is 8.87. The Hall–Kier alpha value is -3.22. The molecule has 138 valence electrons. The number of carboxylic acids is 1. The van der Waals surface area contributed by atoms with E-state index in [0.29, 0.717) is 28.3 Å². The molecule has 7 nitrogen and oxygen atoms in total. The number of aromatic nitrogens is 2. The Kier molecular flexibility index (Phi) is 4.35. The smallest absolute Gasteiger partial charge is 0.326 e. The monoisotopic (exact) mass is 365 g/mol. The van der Waals surface area contributed by atoms with E-state index in [1.54, 1.807) is 13.0 Å². The van der Waals surface area contributed by atoms with Crippen molar-refractivity contribution in [2.24, 2.45) is 0 Å². The first-order valence-electron chi connectivity index (χ1n) is 8.87. The quantitative estimate of drug-likeness (QED) is 0.696. The van der Waals surface area contributed by atoms with E-state index in [1.165, 1.54) is 0 Å². The van der Waals surface area contributed by atoms with Gasteiger partial charge in [0, 0.05) is 18.0 Å². The molecule has 1 saturated carbocycles. The second-order valence-electron chi connectivity index (χ2n) is 6.87. The number of fused-ring (bicyclic) bond motifs is 1. The Morgan fingerprint density at radius 1 is 1.30 bits per heavy atom. The van der Waals surface area contributed by atoms with Crippen molar-refractivity contribution in [3.63, 3.8) is 0 Å². The van der Waals surface area contributed by atoms with Gasteiger partial charge in [0.05, 0.1) is 16.6 Å². The van der Waals surface area contributed by atoms with Gasteiger partial charge in [0.15, 0.2) is 0 Å². The van der Waals surface area contributed by atoms with Crippen molar-refractivity contribution in [2.75, 3.05) is 0 Å². The summed E-state index contributed by atoms with van der Waals surface area (Å²) < 4.78 is 5.25. The predicted octanol–water partition coefficient (Wildman–Crippen LogP) is 2.83. The van der Waals surface area contributed by atoms with Gasteiger partial charge in [-0.15, -0.1) is 0 Å². The molecule has 0 saturated heterocycles. The molecule has 0 spiro atoms. The van der Waals surface area contributed by atoms with Gasteiger partial charge in [-0.3, -0.25) is 4.79 Å². The number of hydrogen-bond donors (Lipinski definition) is 2. The van der Waals surface area contributed by atoms with Gasteiger partial charge in [0.2, 0.25) is 0 Å². The first kappa shape index (κ1) is 17.2. The highest BCUT2D eigenvalue weighted by Crippen LogP contribution is 2.40. The Balaban J connectivity index is 1.65. The zero-order chi connectivity index (χ0) is 19.0. The number of carboxylic acid groups (broad SMARTS) is 1. The minimum atomic E-state index is -1.08. The highest BCUT2D eigenvalue weighted by atomic mass is 16.5. The number of aryl methyl sites for hydroxylation is 1. The third-order valence-electron chi connectivity index (χ3n) is 4.76. The molecule has 1 fully saturated rings. The second kappa shape index (κ2) is 6.83. The highest BCUT2D eigenvalue weighted by Gasteiger charge is 2.30. The summed E-state index contributed by atoms with van der Waals surface area (Å²) in [7, 11) is 0. The van der Waals surface area contributed by atoms with Crippen LogP contribution in [0.5, 0.6) is 0 Å². The second-order valence-corrected chi connectivity index (χ2v) is 6.87. The lowest BCUT2D eigenvalue weighted by Gasteiger charge is -2.15. The lowest BCUT2D eigenvalue weighted by molar-refractivity contribution is -0.139. The van der Waals surface area contributed by atoms with Crippen LogP contribution in [0, 0.1) is 6.92 Å². The van der Waals surface area contributed by atoms with Gasteiger partial charge in [-0.2, -0.15) is 0 Å². The maximum Gasteiger partial charge on any atom is 0.326 e. The summed E-state index contributed by atoms with van der Waals surface area (Å²) in [4.78, 5) is 29.1. The van der Waals surface area contributed by atoms with Crippen LogP contribution in [-0.4, -0.2) is 33.2 Å². The Morgan fingerprint density at radius 3 is 2.70 bits per heavy atom.